The lowest BCUT2D eigenvalue weighted by molar-refractivity contribution is 0.395. The van der Waals surface area contributed by atoms with Crippen LogP contribution >= 0.6 is 0 Å². The van der Waals surface area contributed by atoms with Crippen molar-refractivity contribution >= 4 is 15.7 Å². The van der Waals surface area contributed by atoms with Gasteiger partial charge in [-0.25, -0.2) is 8.42 Å². The van der Waals surface area contributed by atoms with Gasteiger partial charge < -0.3 is 18.7 Å². The SMILES string of the molecule is COc1ccc(NS(=O)(=O)c2ccc(OC)c(-c3nc(C(C)C)no3)c2)c(OC)c1. The lowest BCUT2D eigenvalue weighted by atomic mass is 10.2. The number of methoxy groups -OCH3 is 3. The molecule has 1 heterocycles. The first-order chi connectivity index (χ1) is 14.3. The highest BCUT2D eigenvalue weighted by Crippen LogP contribution is 2.34. The molecule has 0 saturated heterocycles. The van der Waals surface area contributed by atoms with Crippen molar-refractivity contribution in [1.29, 1.82) is 0 Å². The lowest BCUT2D eigenvalue weighted by Crippen LogP contribution is -2.14. The van der Waals surface area contributed by atoms with Crippen LogP contribution in [0.15, 0.2) is 45.8 Å². The molecule has 0 fully saturated rings. The van der Waals surface area contributed by atoms with Crippen LogP contribution in [0.5, 0.6) is 17.2 Å². The van der Waals surface area contributed by atoms with E-state index < -0.39 is 10.0 Å². The summed E-state index contributed by atoms with van der Waals surface area (Å²) in [5.74, 6) is 2.03. The molecule has 0 spiro atoms. The maximum absolute atomic E-state index is 13.0. The number of benzene rings is 2. The van der Waals surface area contributed by atoms with Gasteiger partial charge in [0.05, 0.1) is 37.5 Å². The maximum Gasteiger partial charge on any atom is 0.262 e. The van der Waals surface area contributed by atoms with E-state index in [1.807, 2.05) is 13.8 Å². The van der Waals surface area contributed by atoms with Gasteiger partial charge in [-0.2, -0.15) is 4.98 Å². The smallest absolute Gasteiger partial charge is 0.262 e. The van der Waals surface area contributed by atoms with Crippen LogP contribution in [-0.4, -0.2) is 39.9 Å². The van der Waals surface area contributed by atoms with Gasteiger partial charge in [-0.15, -0.1) is 0 Å². The number of nitrogens with one attached hydrogen (secondary N) is 1. The van der Waals surface area contributed by atoms with Gasteiger partial charge in [-0.3, -0.25) is 4.72 Å². The Morgan fingerprint density at radius 2 is 1.70 bits per heavy atom. The zero-order chi connectivity index (χ0) is 21.9. The van der Waals surface area contributed by atoms with Gasteiger partial charge in [-0.05, 0) is 30.3 Å². The van der Waals surface area contributed by atoms with Crippen molar-refractivity contribution in [3.63, 3.8) is 0 Å². The van der Waals surface area contributed by atoms with E-state index >= 15 is 0 Å². The first-order valence-electron chi connectivity index (χ1n) is 9.06. The van der Waals surface area contributed by atoms with Crippen molar-refractivity contribution in [1.82, 2.24) is 10.1 Å². The van der Waals surface area contributed by atoms with Crippen molar-refractivity contribution < 1.29 is 27.2 Å². The number of ether oxygens (including phenoxy) is 3. The Bertz CT molecular complexity index is 1140. The maximum atomic E-state index is 13.0. The molecule has 0 bridgehead atoms. The van der Waals surface area contributed by atoms with E-state index in [4.69, 9.17) is 18.7 Å². The molecule has 1 aromatic heterocycles. The third kappa shape index (κ3) is 4.33. The number of nitrogens with zero attached hydrogens (tertiary/aromatic N) is 2. The second-order valence-corrected chi connectivity index (χ2v) is 8.33. The van der Waals surface area contributed by atoms with Gasteiger partial charge in [-0.1, -0.05) is 19.0 Å². The summed E-state index contributed by atoms with van der Waals surface area (Å²) in [6.45, 7) is 3.86. The predicted molar refractivity (Wildman–Crippen MR) is 111 cm³/mol. The Labute approximate surface area is 175 Å². The average molecular weight is 433 g/mol. The Kier molecular flexibility index (Phi) is 6.16. The van der Waals surface area contributed by atoms with E-state index in [0.29, 0.717) is 28.6 Å². The molecule has 0 aliphatic rings. The second kappa shape index (κ2) is 8.62. The Morgan fingerprint density at radius 1 is 0.967 bits per heavy atom. The Morgan fingerprint density at radius 3 is 2.30 bits per heavy atom. The summed E-state index contributed by atoms with van der Waals surface area (Å²) >= 11 is 0. The zero-order valence-electron chi connectivity index (χ0n) is 17.3. The molecule has 0 aliphatic heterocycles. The third-order valence-electron chi connectivity index (χ3n) is 4.32. The highest BCUT2D eigenvalue weighted by molar-refractivity contribution is 7.92. The molecule has 160 valence electrons. The lowest BCUT2D eigenvalue weighted by Gasteiger charge is -2.14. The highest BCUT2D eigenvalue weighted by atomic mass is 32.2. The molecule has 0 amide bonds. The van der Waals surface area contributed by atoms with Crippen molar-refractivity contribution in [3.8, 4) is 28.7 Å². The van der Waals surface area contributed by atoms with Crippen LogP contribution in [-0.2, 0) is 10.0 Å². The molecule has 0 radical (unpaired) electrons. The molecule has 0 aliphatic carbocycles. The van der Waals surface area contributed by atoms with Gasteiger partial charge >= 0.3 is 0 Å². The first kappa shape index (κ1) is 21.4. The van der Waals surface area contributed by atoms with E-state index in [1.54, 1.807) is 18.2 Å². The van der Waals surface area contributed by atoms with Gasteiger partial charge in [0.1, 0.15) is 17.2 Å². The summed E-state index contributed by atoms with van der Waals surface area (Å²) in [6.07, 6.45) is 0. The zero-order valence-corrected chi connectivity index (χ0v) is 18.1. The number of sulfonamides is 1. The molecular formula is C20H23N3O6S. The van der Waals surface area contributed by atoms with Crippen LogP contribution in [0.1, 0.15) is 25.6 Å². The summed E-state index contributed by atoms with van der Waals surface area (Å²) in [7, 11) is 0.491. The first-order valence-corrected chi connectivity index (χ1v) is 10.5. The van der Waals surface area contributed by atoms with Crippen molar-refractivity contribution in [2.24, 2.45) is 0 Å². The van der Waals surface area contributed by atoms with Gasteiger partial charge in [0, 0.05) is 12.0 Å². The summed E-state index contributed by atoms with van der Waals surface area (Å²) in [4.78, 5) is 4.34. The minimum absolute atomic E-state index is 0.000433. The van der Waals surface area contributed by atoms with E-state index in [-0.39, 0.29) is 22.4 Å². The molecule has 10 heteroatoms. The van der Waals surface area contributed by atoms with Gasteiger partial charge in [0.15, 0.2) is 5.82 Å². The Hall–Kier alpha value is -3.27. The summed E-state index contributed by atoms with van der Waals surface area (Å²) in [5, 5.41) is 3.93. The molecule has 30 heavy (non-hydrogen) atoms. The molecule has 9 nitrogen and oxygen atoms in total. The number of rotatable bonds is 8. The highest BCUT2D eigenvalue weighted by Gasteiger charge is 2.22. The van der Waals surface area contributed by atoms with Crippen LogP contribution in [0, 0.1) is 0 Å². The third-order valence-corrected chi connectivity index (χ3v) is 5.69. The van der Waals surface area contributed by atoms with Crippen LogP contribution in [0.2, 0.25) is 0 Å². The number of anilines is 1. The fourth-order valence-electron chi connectivity index (χ4n) is 2.69. The minimum atomic E-state index is -3.95. The van der Waals surface area contributed by atoms with Crippen LogP contribution in [0.4, 0.5) is 5.69 Å². The van der Waals surface area contributed by atoms with Crippen LogP contribution in [0.25, 0.3) is 11.5 Å². The van der Waals surface area contributed by atoms with Gasteiger partial charge in [0.25, 0.3) is 15.9 Å². The quantitative estimate of drug-likeness (QED) is 0.572. The van der Waals surface area contributed by atoms with Gasteiger partial charge in [0.2, 0.25) is 0 Å². The predicted octanol–water partition coefficient (Wildman–Crippen LogP) is 3.69. The number of hydrogen-bond donors (Lipinski definition) is 1. The van der Waals surface area contributed by atoms with Crippen molar-refractivity contribution in [2.75, 3.05) is 26.1 Å². The van der Waals surface area contributed by atoms with E-state index in [2.05, 4.69) is 14.9 Å². The fraction of sp³-hybridized carbons (Fsp3) is 0.300. The van der Waals surface area contributed by atoms with Crippen LogP contribution < -0.4 is 18.9 Å². The topological polar surface area (TPSA) is 113 Å². The molecule has 3 rings (SSSR count). The van der Waals surface area contributed by atoms with E-state index in [1.165, 1.54) is 39.5 Å². The average Bonchev–Trinajstić information content (AvgIpc) is 3.23. The van der Waals surface area contributed by atoms with E-state index in [9.17, 15) is 8.42 Å². The largest absolute Gasteiger partial charge is 0.497 e. The molecule has 1 N–H and O–H groups in total. The minimum Gasteiger partial charge on any atom is -0.497 e. The molecular weight excluding hydrogens is 410 g/mol. The summed E-state index contributed by atoms with van der Waals surface area (Å²) in [6, 6.07) is 9.17. The molecule has 0 saturated carbocycles. The van der Waals surface area contributed by atoms with Crippen molar-refractivity contribution in [2.45, 2.75) is 24.7 Å². The second-order valence-electron chi connectivity index (χ2n) is 6.65. The standard InChI is InChI=1S/C20H23N3O6S/c1-12(2)19-21-20(29-22-19)15-11-14(7-9-17(15)27-4)30(24,25)23-16-8-6-13(26-3)10-18(16)28-5/h6-12,23H,1-5H3. The molecule has 0 atom stereocenters. The molecule has 3 aromatic rings. The molecule has 0 unspecified atom stereocenters. The number of aromatic nitrogens is 2. The summed E-state index contributed by atoms with van der Waals surface area (Å²) in [5.41, 5.74) is 0.650. The monoisotopic (exact) mass is 433 g/mol. The fourth-order valence-corrected chi connectivity index (χ4v) is 3.78. The number of hydrogen-bond acceptors (Lipinski definition) is 8. The van der Waals surface area contributed by atoms with Crippen LogP contribution in [0.3, 0.4) is 0 Å². The van der Waals surface area contributed by atoms with Crippen molar-refractivity contribution in [3.05, 3.63) is 42.2 Å². The molecule has 2 aromatic carbocycles. The normalized spacial score (nSPS) is 11.4. The summed E-state index contributed by atoms with van der Waals surface area (Å²) < 4.78 is 49.6. The Balaban J connectivity index is 2.00. The van der Waals surface area contributed by atoms with E-state index in [0.717, 1.165) is 0 Å².